The Hall–Kier alpha value is -1.80. The van der Waals surface area contributed by atoms with Gasteiger partial charge in [-0.3, -0.25) is 9.36 Å². The van der Waals surface area contributed by atoms with Crippen LogP contribution in [0.3, 0.4) is 0 Å². The molecule has 8 nitrogen and oxygen atoms in total. The lowest BCUT2D eigenvalue weighted by Crippen LogP contribution is -2.45. The molecule has 0 fully saturated rings. The second-order valence-corrected chi connectivity index (χ2v) is 17.4. The molecule has 3 atom stereocenters. The summed E-state index contributed by atoms with van der Waals surface area (Å²) in [5.74, 6) is -0.224. The lowest BCUT2D eigenvalue weighted by molar-refractivity contribution is -0.870. The molecule has 0 saturated heterocycles. The van der Waals surface area contributed by atoms with Gasteiger partial charge in [0.2, 0.25) is 5.91 Å². The summed E-state index contributed by atoms with van der Waals surface area (Å²) >= 11 is 0. The van der Waals surface area contributed by atoms with E-state index < -0.39 is 26.6 Å². The zero-order chi connectivity index (χ0) is 40.7. The van der Waals surface area contributed by atoms with Gasteiger partial charge >= 0.3 is 0 Å². The normalized spacial score (nSPS) is 15.0. The van der Waals surface area contributed by atoms with Crippen molar-refractivity contribution < 1.29 is 32.9 Å². The van der Waals surface area contributed by atoms with Crippen LogP contribution in [0.2, 0.25) is 0 Å². The van der Waals surface area contributed by atoms with Crippen LogP contribution >= 0.6 is 7.82 Å². The highest BCUT2D eigenvalue weighted by Crippen LogP contribution is 2.38. The van der Waals surface area contributed by atoms with Crippen LogP contribution in [0.5, 0.6) is 0 Å². The third-order valence-electron chi connectivity index (χ3n) is 9.45. The Morgan fingerprint density at radius 2 is 1.07 bits per heavy atom. The van der Waals surface area contributed by atoms with Crippen LogP contribution in [0.1, 0.15) is 174 Å². The van der Waals surface area contributed by atoms with Gasteiger partial charge in [-0.1, -0.05) is 158 Å². The highest BCUT2D eigenvalue weighted by atomic mass is 31.2. The van der Waals surface area contributed by atoms with Crippen LogP contribution in [0.25, 0.3) is 0 Å². The quantitative estimate of drug-likeness (QED) is 0.0278. The number of nitrogens with one attached hydrogen (secondary N) is 1. The first-order valence-electron chi connectivity index (χ1n) is 22.2. The predicted molar refractivity (Wildman–Crippen MR) is 233 cm³/mol. The van der Waals surface area contributed by atoms with Crippen molar-refractivity contribution in [3.05, 3.63) is 60.8 Å². The number of aliphatic hydroxyl groups is 1. The van der Waals surface area contributed by atoms with E-state index in [1.54, 1.807) is 6.08 Å². The number of rotatable bonds is 39. The molecular weight excluding hydrogens is 707 g/mol. The van der Waals surface area contributed by atoms with E-state index in [4.69, 9.17) is 9.05 Å². The summed E-state index contributed by atoms with van der Waals surface area (Å²) in [6.07, 6.45) is 48.4. The number of quaternary nitrogens is 1. The van der Waals surface area contributed by atoms with Crippen LogP contribution < -0.4 is 10.2 Å². The van der Waals surface area contributed by atoms with E-state index in [-0.39, 0.29) is 12.5 Å². The van der Waals surface area contributed by atoms with Gasteiger partial charge in [0.25, 0.3) is 7.82 Å². The van der Waals surface area contributed by atoms with E-state index in [1.807, 2.05) is 27.2 Å². The van der Waals surface area contributed by atoms with E-state index in [0.29, 0.717) is 17.4 Å². The van der Waals surface area contributed by atoms with Gasteiger partial charge in [-0.2, -0.15) is 0 Å². The van der Waals surface area contributed by atoms with E-state index in [9.17, 15) is 19.4 Å². The number of phosphoric ester groups is 1. The topological polar surface area (TPSA) is 108 Å². The highest BCUT2D eigenvalue weighted by molar-refractivity contribution is 7.45. The fraction of sp³-hybridized carbons (Fsp3) is 0.761. The monoisotopic (exact) mass is 793 g/mol. The molecule has 3 unspecified atom stereocenters. The van der Waals surface area contributed by atoms with Crippen molar-refractivity contribution in [3.8, 4) is 0 Å². The molecule has 2 N–H and O–H groups in total. The Bertz CT molecular complexity index is 1080. The van der Waals surface area contributed by atoms with E-state index in [2.05, 4.69) is 67.8 Å². The Morgan fingerprint density at radius 1 is 0.636 bits per heavy atom. The second kappa shape index (κ2) is 37.8. The molecule has 0 bridgehead atoms. The average molecular weight is 793 g/mol. The van der Waals surface area contributed by atoms with Crippen molar-refractivity contribution in [3.63, 3.8) is 0 Å². The standard InChI is InChI=1S/C46H85N2O6P/c1-6-8-10-12-14-16-18-20-21-22-23-24-25-26-27-28-30-32-34-36-38-40-46(50)47-44(43-54-55(51,52)53-42-41-48(3,4)5)45(49)39-37-35-33-31-29-19-17-15-13-11-9-7-2/h18,20,22-23,25-26,29,31,37,39,44-45,49H,6-17,19,21,24,27-28,30,32-36,38,40-43H2,1-5H3,(H-,47,50,51,52)/b20-18-,23-22-,26-25-,31-29+,39-37+. The molecule has 0 saturated carbocycles. The summed E-state index contributed by atoms with van der Waals surface area (Å²) in [6.45, 7) is 4.56. The van der Waals surface area contributed by atoms with Crippen LogP contribution in [-0.4, -0.2) is 68.5 Å². The molecule has 0 aromatic carbocycles. The molecule has 0 aliphatic carbocycles. The number of nitrogens with zero attached hydrogens (tertiary/aromatic N) is 1. The summed E-state index contributed by atoms with van der Waals surface area (Å²) < 4.78 is 23.1. The number of carbonyl (C=O) groups is 1. The molecule has 0 aliphatic rings. The number of carbonyl (C=O) groups excluding carboxylic acids is 1. The first-order valence-corrected chi connectivity index (χ1v) is 23.6. The number of phosphoric acid groups is 1. The second-order valence-electron chi connectivity index (χ2n) is 16.0. The molecule has 320 valence electrons. The van der Waals surface area contributed by atoms with Crippen molar-refractivity contribution in [2.75, 3.05) is 40.9 Å². The van der Waals surface area contributed by atoms with Crippen molar-refractivity contribution in [1.29, 1.82) is 0 Å². The summed E-state index contributed by atoms with van der Waals surface area (Å²) in [7, 11) is 1.22. The lowest BCUT2D eigenvalue weighted by Gasteiger charge is -2.29. The van der Waals surface area contributed by atoms with Crippen molar-refractivity contribution in [2.45, 2.75) is 187 Å². The number of aliphatic hydroxyl groups excluding tert-OH is 1. The molecular formula is C46H85N2O6P. The number of hydrogen-bond acceptors (Lipinski definition) is 6. The zero-order valence-corrected chi connectivity index (χ0v) is 37.0. The smallest absolute Gasteiger partial charge is 0.268 e. The number of allylic oxidation sites excluding steroid dienone is 9. The van der Waals surface area contributed by atoms with Crippen LogP contribution in [0.4, 0.5) is 0 Å². The SMILES string of the molecule is CCCCCCC/C=C\C/C=C\C/C=C\CCCCCCCCC(=O)NC(COP(=O)([O-])OCC[N+](C)(C)C)C(O)/C=C/CC/C=C/CCCCCCCC. The van der Waals surface area contributed by atoms with Gasteiger partial charge in [-0.05, 0) is 70.6 Å². The maximum atomic E-state index is 12.8. The molecule has 0 aromatic rings. The zero-order valence-electron chi connectivity index (χ0n) is 36.1. The molecule has 9 heteroatoms. The number of amides is 1. The van der Waals surface area contributed by atoms with Crippen LogP contribution in [-0.2, 0) is 18.4 Å². The molecule has 1 amide bonds. The average Bonchev–Trinajstić information content (AvgIpc) is 3.13. The van der Waals surface area contributed by atoms with Gasteiger partial charge in [0.1, 0.15) is 13.2 Å². The van der Waals surface area contributed by atoms with Gasteiger partial charge < -0.3 is 28.8 Å². The summed E-state index contributed by atoms with van der Waals surface area (Å²) in [4.78, 5) is 25.3. The molecule has 0 heterocycles. The Labute approximate surface area is 339 Å². The highest BCUT2D eigenvalue weighted by Gasteiger charge is 2.23. The van der Waals surface area contributed by atoms with E-state index in [1.165, 1.54) is 89.9 Å². The first-order chi connectivity index (χ1) is 26.5. The third-order valence-corrected chi connectivity index (χ3v) is 10.4. The Morgan fingerprint density at radius 3 is 1.60 bits per heavy atom. The minimum Gasteiger partial charge on any atom is -0.756 e. The Kier molecular flexibility index (Phi) is 36.5. The molecule has 0 aromatic heterocycles. The van der Waals surface area contributed by atoms with Crippen molar-refractivity contribution in [1.82, 2.24) is 5.32 Å². The minimum atomic E-state index is -4.60. The van der Waals surface area contributed by atoms with Crippen LogP contribution in [0.15, 0.2) is 60.8 Å². The van der Waals surface area contributed by atoms with Crippen molar-refractivity contribution >= 4 is 13.7 Å². The van der Waals surface area contributed by atoms with Crippen LogP contribution in [0, 0.1) is 0 Å². The molecule has 55 heavy (non-hydrogen) atoms. The van der Waals surface area contributed by atoms with Gasteiger partial charge in [0, 0.05) is 6.42 Å². The fourth-order valence-electron chi connectivity index (χ4n) is 5.88. The minimum absolute atomic E-state index is 0.0118. The van der Waals surface area contributed by atoms with Gasteiger partial charge in [0.05, 0.1) is 39.9 Å². The van der Waals surface area contributed by atoms with E-state index in [0.717, 1.165) is 64.2 Å². The molecule has 0 rings (SSSR count). The molecule has 0 radical (unpaired) electrons. The van der Waals surface area contributed by atoms with Gasteiger partial charge in [-0.15, -0.1) is 0 Å². The Balaban J connectivity index is 4.44. The molecule has 0 spiro atoms. The summed E-state index contributed by atoms with van der Waals surface area (Å²) in [6, 6.07) is -0.911. The third kappa shape index (κ3) is 40.2. The van der Waals surface area contributed by atoms with Gasteiger partial charge in [-0.25, -0.2) is 0 Å². The fourth-order valence-corrected chi connectivity index (χ4v) is 6.60. The number of hydrogen-bond donors (Lipinski definition) is 2. The lowest BCUT2D eigenvalue weighted by atomic mass is 10.1. The maximum Gasteiger partial charge on any atom is 0.268 e. The predicted octanol–water partition coefficient (Wildman–Crippen LogP) is 11.6. The van der Waals surface area contributed by atoms with Gasteiger partial charge in [0.15, 0.2) is 0 Å². The largest absolute Gasteiger partial charge is 0.756 e. The first kappa shape index (κ1) is 53.2. The maximum absolute atomic E-state index is 12.8. The number of unbranched alkanes of at least 4 members (excludes halogenated alkanes) is 18. The summed E-state index contributed by atoms with van der Waals surface area (Å²) in [5, 5.41) is 13.7. The summed E-state index contributed by atoms with van der Waals surface area (Å²) in [5.41, 5.74) is 0. The molecule has 0 aliphatic heterocycles. The van der Waals surface area contributed by atoms with E-state index >= 15 is 0 Å². The number of likely N-dealkylation sites (N-methyl/N-ethyl adjacent to an activating group) is 1. The van der Waals surface area contributed by atoms with Crippen molar-refractivity contribution in [2.24, 2.45) is 0 Å².